The van der Waals surface area contributed by atoms with E-state index in [2.05, 4.69) is 0 Å². The maximum atomic E-state index is 14.0. The van der Waals surface area contributed by atoms with Gasteiger partial charge in [0.2, 0.25) is 0 Å². The molecule has 0 radical (unpaired) electrons. The first kappa shape index (κ1) is 23.6. The third-order valence-corrected chi connectivity index (χ3v) is 4.05. The van der Waals surface area contributed by atoms with E-state index in [9.17, 15) is 39.5 Å². The Morgan fingerprint density at radius 1 is 0.815 bits per heavy atom. The molecular formula is C17H19F9O. The quantitative estimate of drug-likeness (QED) is 0.485. The summed E-state index contributed by atoms with van der Waals surface area (Å²) in [6.07, 6.45) is -10.7. The van der Waals surface area contributed by atoms with Crippen molar-refractivity contribution < 1.29 is 44.3 Å². The number of methoxy groups -OCH3 is 1. The monoisotopic (exact) mass is 410 g/mol. The zero-order valence-electron chi connectivity index (χ0n) is 14.9. The molecular weight excluding hydrogens is 391 g/mol. The summed E-state index contributed by atoms with van der Waals surface area (Å²) < 4.78 is 123. The van der Waals surface area contributed by atoms with Crippen LogP contribution in [0.4, 0.5) is 39.5 Å². The van der Waals surface area contributed by atoms with Crippen molar-refractivity contribution in [3.8, 4) is 0 Å². The van der Waals surface area contributed by atoms with Gasteiger partial charge in [0.05, 0.1) is 6.10 Å². The van der Waals surface area contributed by atoms with Gasteiger partial charge in [-0.3, -0.25) is 0 Å². The molecule has 1 aromatic rings. The van der Waals surface area contributed by atoms with Gasteiger partial charge in [0, 0.05) is 13.5 Å². The lowest BCUT2D eigenvalue weighted by molar-refractivity contribution is -0.398. The second-order valence-electron chi connectivity index (χ2n) is 7.12. The highest BCUT2D eigenvalue weighted by molar-refractivity contribution is 5.35. The summed E-state index contributed by atoms with van der Waals surface area (Å²) in [6.45, 7) is 5.05. The molecule has 0 amide bonds. The summed E-state index contributed by atoms with van der Waals surface area (Å²) in [6, 6.07) is 5.70. The second-order valence-corrected chi connectivity index (χ2v) is 7.12. The molecule has 0 aliphatic rings. The summed E-state index contributed by atoms with van der Waals surface area (Å²) in [5.41, 5.74) is -0.252. The normalized spacial score (nSPS) is 15.7. The molecule has 0 aromatic heterocycles. The molecule has 0 fully saturated rings. The van der Waals surface area contributed by atoms with Crippen molar-refractivity contribution in [1.29, 1.82) is 0 Å². The Morgan fingerprint density at radius 3 is 1.70 bits per heavy atom. The first-order chi connectivity index (χ1) is 11.9. The molecule has 1 nitrogen and oxygen atoms in total. The lowest BCUT2D eigenvalue weighted by Gasteiger charge is -2.36. The minimum absolute atomic E-state index is 0.00157. The number of alkyl halides is 9. The molecule has 0 saturated heterocycles. The van der Waals surface area contributed by atoms with E-state index in [1.807, 2.05) is 0 Å². The van der Waals surface area contributed by atoms with Crippen LogP contribution in [0.15, 0.2) is 24.3 Å². The summed E-state index contributed by atoms with van der Waals surface area (Å²) in [5, 5.41) is 0. The molecule has 1 rings (SSSR count). The van der Waals surface area contributed by atoms with E-state index in [0.717, 1.165) is 7.11 Å². The largest absolute Gasteiger partial charge is 0.460 e. The fraction of sp³-hybridized carbons (Fsp3) is 0.647. The molecule has 0 aliphatic heterocycles. The van der Waals surface area contributed by atoms with Crippen LogP contribution < -0.4 is 0 Å². The molecule has 0 N–H and O–H groups in total. The van der Waals surface area contributed by atoms with E-state index in [0.29, 0.717) is 5.56 Å². The molecule has 0 saturated carbocycles. The van der Waals surface area contributed by atoms with E-state index in [4.69, 9.17) is 4.74 Å². The molecule has 1 unspecified atom stereocenters. The van der Waals surface area contributed by atoms with E-state index < -0.39 is 41.9 Å². The van der Waals surface area contributed by atoms with Crippen LogP contribution in [0.5, 0.6) is 0 Å². The average Bonchev–Trinajstić information content (AvgIpc) is 2.50. The Bertz CT molecular complexity index is 645. The Labute approximate surface area is 150 Å². The summed E-state index contributed by atoms with van der Waals surface area (Å²) in [7, 11) is 0.875. The lowest BCUT2D eigenvalue weighted by Crippen LogP contribution is -2.61. The lowest BCUT2D eigenvalue weighted by atomic mass is 9.81. The molecule has 10 heteroatoms. The van der Waals surface area contributed by atoms with Crippen molar-refractivity contribution >= 4 is 0 Å². The smallest absolute Gasteiger partial charge is 0.377 e. The number of rotatable bonds is 6. The van der Waals surface area contributed by atoms with Gasteiger partial charge in [0.1, 0.15) is 0 Å². The minimum atomic E-state index is -6.91. The van der Waals surface area contributed by atoms with E-state index in [-0.39, 0.29) is 5.56 Å². The van der Waals surface area contributed by atoms with Crippen LogP contribution in [-0.2, 0) is 10.2 Å². The van der Waals surface area contributed by atoms with Gasteiger partial charge in [-0.1, -0.05) is 45.0 Å². The molecule has 0 spiro atoms. The Balaban J connectivity index is 3.35. The van der Waals surface area contributed by atoms with Crippen molar-refractivity contribution in [2.75, 3.05) is 7.11 Å². The van der Waals surface area contributed by atoms with Crippen LogP contribution in [0.1, 0.15) is 44.4 Å². The van der Waals surface area contributed by atoms with Crippen LogP contribution in [-0.4, -0.2) is 31.1 Å². The van der Waals surface area contributed by atoms with Gasteiger partial charge in [0.25, 0.3) is 0 Å². The summed E-state index contributed by atoms with van der Waals surface area (Å²) in [4.78, 5) is 0. The third kappa shape index (κ3) is 4.35. The molecule has 156 valence electrons. The Kier molecular flexibility index (Phi) is 6.27. The molecule has 0 heterocycles. The number of hydrogen-bond acceptors (Lipinski definition) is 1. The van der Waals surface area contributed by atoms with Crippen LogP contribution in [0.3, 0.4) is 0 Å². The molecule has 0 aliphatic carbocycles. The number of halogens is 9. The summed E-state index contributed by atoms with van der Waals surface area (Å²) in [5.74, 6) is -19.3. The Morgan fingerprint density at radius 2 is 1.30 bits per heavy atom. The first-order valence-corrected chi connectivity index (χ1v) is 7.72. The van der Waals surface area contributed by atoms with Crippen LogP contribution in [0, 0.1) is 0 Å². The fourth-order valence-corrected chi connectivity index (χ4v) is 2.55. The van der Waals surface area contributed by atoms with Crippen LogP contribution in [0.2, 0.25) is 0 Å². The third-order valence-electron chi connectivity index (χ3n) is 4.05. The van der Waals surface area contributed by atoms with E-state index in [1.165, 1.54) is 18.2 Å². The number of benzene rings is 1. The van der Waals surface area contributed by atoms with Crippen molar-refractivity contribution in [3.63, 3.8) is 0 Å². The van der Waals surface area contributed by atoms with Crippen LogP contribution >= 0.6 is 0 Å². The van der Waals surface area contributed by atoms with Gasteiger partial charge in [-0.25, -0.2) is 0 Å². The zero-order chi connectivity index (χ0) is 21.5. The van der Waals surface area contributed by atoms with Gasteiger partial charge in [0.15, 0.2) is 0 Å². The minimum Gasteiger partial charge on any atom is -0.377 e. The van der Waals surface area contributed by atoms with Crippen molar-refractivity contribution in [2.24, 2.45) is 0 Å². The fourth-order valence-electron chi connectivity index (χ4n) is 2.55. The molecule has 1 aromatic carbocycles. The second kappa shape index (κ2) is 7.18. The predicted molar refractivity (Wildman–Crippen MR) is 80.4 cm³/mol. The van der Waals surface area contributed by atoms with Crippen molar-refractivity contribution in [3.05, 3.63) is 35.4 Å². The van der Waals surface area contributed by atoms with Gasteiger partial charge in [-0.15, -0.1) is 0 Å². The first-order valence-electron chi connectivity index (χ1n) is 7.72. The summed E-state index contributed by atoms with van der Waals surface area (Å²) >= 11 is 0. The van der Waals surface area contributed by atoms with Crippen molar-refractivity contribution in [1.82, 2.24) is 0 Å². The van der Waals surface area contributed by atoms with Gasteiger partial charge in [-0.05, 0) is 16.5 Å². The topological polar surface area (TPSA) is 9.23 Å². The Hall–Kier alpha value is -1.45. The predicted octanol–water partition coefficient (Wildman–Crippen LogP) is 6.53. The maximum absolute atomic E-state index is 14.0. The van der Waals surface area contributed by atoms with Gasteiger partial charge in [-0.2, -0.15) is 39.5 Å². The van der Waals surface area contributed by atoms with Gasteiger partial charge < -0.3 is 4.74 Å². The maximum Gasteiger partial charge on any atom is 0.460 e. The van der Waals surface area contributed by atoms with E-state index in [1.54, 1.807) is 26.8 Å². The van der Waals surface area contributed by atoms with Crippen LogP contribution in [0.25, 0.3) is 0 Å². The highest BCUT2D eigenvalue weighted by Gasteiger charge is 2.81. The standard InChI is InChI=1S/C17H19F9O/c1-13(2,3)11-8-6-5-7-10(11)12(27-4)9-14(18,19)15(20,21)16(22,23)17(24,25)26/h5-8,12H,9H2,1-4H3. The molecule has 1 atom stereocenters. The SMILES string of the molecule is COC(CC(F)(F)C(F)(F)C(F)(F)C(F)(F)F)c1ccccc1C(C)(C)C. The van der Waals surface area contributed by atoms with Crippen molar-refractivity contribution in [2.45, 2.75) is 62.7 Å². The highest BCUT2D eigenvalue weighted by atomic mass is 19.4. The number of ether oxygens (including phenoxy) is 1. The molecule has 0 bridgehead atoms. The van der Waals surface area contributed by atoms with E-state index >= 15 is 0 Å². The van der Waals surface area contributed by atoms with Gasteiger partial charge >= 0.3 is 23.9 Å². The zero-order valence-corrected chi connectivity index (χ0v) is 14.9. The number of hydrogen-bond donors (Lipinski definition) is 0. The highest BCUT2D eigenvalue weighted by Crippen LogP contribution is 2.55. The average molecular weight is 410 g/mol. The molecule has 27 heavy (non-hydrogen) atoms.